The van der Waals surface area contributed by atoms with Gasteiger partial charge in [-0.2, -0.15) is 5.26 Å². The third-order valence-corrected chi connectivity index (χ3v) is 5.34. The molecule has 1 radical (unpaired) electrons. The van der Waals surface area contributed by atoms with Crippen LogP contribution in [0.2, 0.25) is 0 Å². The monoisotopic (exact) mass is 404 g/mol. The number of nitrogens with zero attached hydrogens (tertiary/aromatic N) is 1. The van der Waals surface area contributed by atoms with Crippen molar-refractivity contribution in [3.63, 3.8) is 0 Å². The molecular weight excluding hydrogens is 374 g/mol. The Kier molecular flexibility index (Phi) is 6.48. The fourth-order valence-corrected chi connectivity index (χ4v) is 3.63. The zero-order valence-corrected chi connectivity index (χ0v) is 18.4. The molecule has 0 saturated heterocycles. The molecule has 1 aliphatic carbocycles. The minimum Gasteiger partial charge on any atom is -0.490 e. The summed E-state index contributed by atoms with van der Waals surface area (Å²) in [5, 5.41) is 17.8. The van der Waals surface area contributed by atoms with Gasteiger partial charge in [-0.05, 0) is 66.8 Å². The molecule has 0 aliphatic heterocycles. The summed E-state index contributed by atoms with van der Waals surface area (Å²) in [5.41, 5.74) is 7.54. The van der Waals surface area contributed by atoms with Gasteiger partial charge < -0.3 is 4.74 Å². The van der Waals surface area contributed by atoms with Gasteiger partial charge in [0.1, 0.15) is 17.7 Å². The topological polar surface area (TPSA) is 78.1 Å². The molecule has 0 spiro atoms. The Morgan fingerprint density at radius 1 is 1.27 bits per heavy atom. The highest BCUT2D eigenvalue weighted by Crippen LogP contribution is 2.40. The molecule has 2 aromatic rings. The molecular formula is C25H30N3O2. The quantitative estimate of drug-likeness (QED) is 0.396. The van der Waals surface area contributed by atoms with Crippen molar-refractivity contribution in [2.75, 3.05) is 0 Å². The van der Waals surface area contributed by atoms with E-state index in [4.69, 9.17) is 15.0 Å². The lowest BCUT2D eigenvalue weighted by Gasteiger charge is -2.26. The highest BCUT2D eigenvalue weighted by molar-refractivity contribution is 5.97. The smallest absolute Gasteiger partial charge is 0.149 e. The number of fused-ring (bicyclic) bond motifs is 1. The zero-order chi connectivity index (χ0) is 21.9. The summed E-state index contributed by atoms with van der Waals surface area (Å²) in [6, 6.07) is 13.6. The first kappa shape index (κ1) is 21.9. The third kappa shape index (κ3) is 5.01. The number of nitriles is 1. The van der Waals surface area contributed by atoms with Gasteiger partial charge in [-0.15, -0.1) is 0 Å². The molecule has 1 aliphatic rings. The summed E-state index contributed by atoms with van der Waals surface area (Å²) in [6.07, 6.45) is 3.25. The summed E-state index contributed by atoms with van der Waals surface area (Å²) in [4.78, 5) is 5.58. The lowest BCUT2D eigenvalue weighted by molar-refractivity contribution is 0.0710. The van der Waals surface area contributed by atoms with E-state index in [1.54, 1.807) is 12.1 Å². The van der Waals surface area contributed by atoms with Gasteiger partial charge in [0.05, 0.1) is 18.3 Å². The van der Waals surface area contributed by atoms with Crippen LogP contribution >= 0.6 is 0 Å². The molecule has 0 fully saturated rings. The molecule has 1 atom stereocenters. The molecule has 0 aromatic heterocycles. The number of ether oxygens (including phenoxy) is 1. The predicted octanol–water partition coefficient (Wildman–Crippen LogP) is 5.16. The molecule has 0 saturated carbocycles. The number of nitrogens with one attached hydrogen (secondary N) is 2. The van der Waals surface area contributed by atoms with Crippen LogP contribution in [-0.2, 0) is 17.9 Å². The first-order valence-corrected chi connectivity index (χ1v) is 10.3. The number of hydrogen-bond acceptors (Lipinski definition) is 4. The van der Waals surface area contributed by atoms with E-state index in [1.807, 2.05) is 32.0 Å². The molecule has 0 heterocycles. The Morgan fingerprint density at radius 2 is 2.03 bits per heavy atom. The molecule has 30 heavy (non-hydrogen) atoms. The van der Waals surface area contributed by atoms with E-state index in [0.717, 1.165) is 17.5 Å². The Labute approximate surface area is 179 Å². The van der Waals surface area contributed by atoms with Gasteiger partial charge in [-0.1, -0.05) is 45.0 Å². The van der Waals surface area contributed by atoms with Crippen LogP contribution in [0.5, 0.6) is 5.75 Å². The summed E-state index contributed by atoms with van der Waals surface area (Å²) in [7, 11) is 0. The largest absolute Gasteiger partial charge is 0.490 e. The number of hydrogen-bond donors (Lipinski definition) is 2. The minimum atomic E-state index is 0.00376. The molecule has 157 valence electrons. The maximum absolute atomic E-state index is 9.36. The second kappa shape index (κ2) is 8.89. The lowest BCUT2D eigenvalue weighted by Crippen LogP contribution is -2.25. The van der Waals surface area contributed by atoms with E-state index in [9.17, 15) is 5.26 Å². The van der Waals surface area contributed by atoms with Gasteiger partial charge in [0.2, 0.25) is 0 Å². The van der Waals surface area contributed by atoms with Gasteiger partial charge >= 0.3 is 0 Å². The molecule has 0 unspecified atom stereocenters. The Balaban J connectivity index is 1.63. The number of benzene rings is 2. The van der Waals surface area contributed by atoms with E-state index in [2.05, 4.69) is 44.8 Å². The van der Waals surface area contributed by atoms with E-state index in [1.165, 1.54) is 11.1 Å². The fourth-order valence-electron chi connectivity index (χ4n) is 3.63. The maximum atomic E-state index is 9.36. The van der Waals surface area contributed by atoms with Crippen LogP contribution in [0.4, 0.5) is 0 Å². The van der Waals surface area contributed by atoms with E-state index in [0.29, 0.717) is 17.2 Å². The van der Waals surface area contributed by atoms with Crippen LogP contribution in [0.1, 0.15) is 62.4 Å². The SMILES string of the molecule is CC(C)Oc1ccc(CONC(=N)c2cccc3c2C[C@@H](C(C)(C)C)[CH]3)cc1C#N. The van der Waals surface area contributed by atoms with Crippen molar-refractivity contribution in [3.05, 3.63) is 70.6 Å². The molecule has 2 N–H and O–H groups in total. The van der Waals surface area contributed by atoms with E-state index < -0.39 is 0 Å². The molecule has 2 aromatic carbocycles. The molecule has 3 rings (SSSR count). The van der Waals surface area contributed by atoms with Gasteiger partial charge in [0, 0.05) is 5.56 Å². The second-order valence-corrected chi connectivity index (χ2v) is 9.09. The second-order valence-electron chi connectivity index (χ2n) is 9.09. The lowest BCUT2D eigenvalue weighted by atomic mass is 9.79. The van der Waals surface area contributed by atoms with Gasteiger partial charge in [0.25, 0.3) is 0 Å². The van der Waals surface area contributed by atoms with Crippen LogP contribution in [0.25, 0.3) is 0 Å². The van der Waals surface area contributed by atoms with Crippen molar-refractivity contribution >= 4 is 5.84 Å². The summed E-state index contributed by atoms with van der Waals surface area (Å²) in [6.45, 7) is 10.8. The van der Waals surface area contributed by atoms with Crippen LogP contribution < -0.4 is 10.2 Å². The number of amidine groups is 1. The number of hydroxylamine groups is 1. The maximum Gasteiger partial charge on any atom is 0.149 e. The van der Waals surface area contributed by atoms with Gasteiger partial charge in [-0.3, -0.25) is 10.2 Å². The van der Waals surface area contributed by atoms with Crippen LogP contribution in [0, 0.1) is 34.5 Å². The highest BCUT2D eigenvalue weighted by atomic mass is 16.6. The van der Waals surface area contributed by atoms with Gasteiger partial charge in [0.15, 0.2) is 0 Å². The van der Waals surface area contributed by atoms with Crippen molar-refractivity contribution in [1.29, 1.82) is 10.7 Å². The third-order valence-electron chi connectivity index (χ3n) is 5.34. The summed E-state index contributed by atoms with van der Waals surface area (Å²) < 4.78 is 5.65. The van der Waals surface area contributed by atoms with E-state index in [-0.39, 0.29) is 24.0 Å². The van der Waals surface area contributed by atoms with Crippen LogP contribution in [-0.4, -0.2) is 11.9 Å². The zero-order valence-electron chi connectivity index (χ0n) is 18.4. The highest BCUT2D eigenvalue weighted by Gasteiger charge is 2.33. The molecule has 0 amide bonds. The predicted molar refractivity (Wildman–Crippen MR) is 118 cm³/mol. The average molecular weight is 405 g/mol. The first-order valence-electron chi connectivity index (χ1n) is 10.3. The van der Waals surface area contributed by atoms with Crippen molar-refractivity contribution in [1.82, 2.24) is 5.48 Å². The molecule has 5 nitrogen and oxygen atoms in total. The van der Waals surface area contributed by atoms with Crippen molar-refractivity contribution < 1.29 is 9.57 Å². The van der Waals surface area contributed by atoms with Crippen molar-refractivity contribution in [2.45, 2.75) is 53.8 Å². The van der Waals surface area contributed by atoms with Crippen LogP contribution in [0.3, 0.4) is 0 Å². The summed E-state index contributed by atoms with van der Waals surface area (Å²) in [5.74, 6) is 1.27. The van der Waals surface area contributed by atoms with Crippen molar-refractivity contribution in [3.8, 4) is 11.8 Å². The van der Waals surface area contributed by atoms with Crippen LogP contribution in [0.15, 0.2) is 36.4 Å². The van der Waals surface area contributed by atoms with Gasteiger partial charge in [-0.25, -0.2) is 5.48 Å². The Hall–Kier alpha value is -2.84. The minimum absolute atomic E-state index is 0.00376. The Bertz CT molecular complexity index is 967. The Morgan fingerprint density at radius 3 is 2.70 bits per heavy atom. The number of rotatable bonds is 6. The van der Waals surface area contributed by atoms with Crippen molar-refractivity contribution in [2.24, 2.45) is 11.3 Å². The standard InChI is InChI=1S/C25H30N3O2/c1-16(2)30-23-10-9-17(11-19(23)14-26)15-29-28-24(27)21-8-6-7-18-12-20(13-22(18)21)25(3,4)5/h6-12,16,20H,13,15H2,1-5H3,(H2,27,28)/t20-/m0/s1. The molecule has 0 bridgehead atoms. The summed E-state index contributed by atoms with van der Waals surface area (Å²) >= 11 is 0. The first-order chi connectivity index (χ1) is 14.2. The molecule has 5 heteroatoms. The average Bonchev–Trinajstić information content (AvgIpc) is 3.13. The van der Waals surface area contributed by atoms with E-state index >= 15 is 0 Å². The fraction of sp³-hybridized carbons (Fsp3) is 0.400. The normalized spacial score (nSPS) is 15.6.